The Morgan fingerprint density at radius 3 is 2.43 bits per heavy atom. The van der Waals surface area contributed by atoms with E-state index >= 15 is 0 Å². The van der Waals surface area contributed by atoms with E-state index in [2.05, 4.69) is 16.0 Å². The number of allylic oxidation sites excluding steroid dienone is 1. The van der Waals surface area contributed by atoms with E-state index in [1.807, 2.05) is 73.3 Å². The number of thiocarbonyl (C=S) groups is 1. The van der Waals surface area contributed by atoms with Gasteiger partial charge in [-0.25, -0.2) is 9.59 Å². The predicted molar refractivity (Wildman–Crippen MR) is 143 cm³/mol. The molecule has 3 aromatic carbocycles. The van der Waals surface area contributed by atoms with Crippen molar-refractivity contribution in [2.24, 2.45) is 0 Å². The zero-order chi connectivity index (χ0) is 24.9. The molecule has 7 nitrogen and oxygen atoms in total. The van der Waals surface area contributed by atoms with Gasteiger partial charge in [0.05, 0.1) is 23.9 Å². The summed E-state index contributed by atoms with van der Waals surface area (Å²) >= 11 is 5.53. The van der Waals surface area contributed by atoms with Gasteiger partial charge < -0.3 is 25.6 Å². The van der Waals surface area contributed by atoms with E-state index in [0.29, 0.717) is 22.9 Å². The van der Waals surface area contributed by atoms with E-state index in [1.54, 1.807) is 19.1 Å². The topological polar surface area (TPSA) is 82.7 Å². The normalized spacial score (nSPS) is 15.6. The first-order valence-electron chi connectivity index (χ1n) is 11.5. The van der Waals surface area contributed by atoms with E-state index in [-0.39, 0.29) is 18.6 Å². The Labute approximate surface area is 210 Å². The molecule has 1 aliphatic rings. The van der Waals surface area contributed by atoms with E-state index < -0.39 is 6.04 Å². The largest absolute Gasteiger partial charge is 0.463 e. The molecule has 0 bridgehead atoms. The molecule has 4 rings (SSSR count). The fourth-order valence-corrected chi connectivity index (χ4v) is 4.65. The van der Waals surface area contributed by atoms with E-state index in [9.17, 15) is 9.59 Å². The second-order valence-corrected chi connectivity index (χ2v) is 8.46. The third kappa shape index (κ3) is 5.12. The van der Waals surface area contributed by atoms with Crippen LogP contribution in [0.2, 0.25) is 0 Å². The summed E-state index contributed by atoms with van der Waals surface area (Å²) in [7, 11) is 0. The third-order valence-corrected chi connectivity index (χ3v) is 6.29. The van der Waals surface area contributed by atoms with Gasteiger partial charge in [-0.05, 0) is 62.1 Å². The van der Waals surface area contributed by atoms with Crippen LogP contribution in [0.25, 0.3) is 10.8 Å². The molecule has 35 heavy (non-hydrogen) atoms. The van der Waals surface area contributed by atoms with Crippen LogP contribution >= 0.6 is 12.2 Å². The van der Waals surface area contributed by atoms with E-state index in [4.69, 9.17) is 17.0 Å². The number of nitrogens with zero attached hydrogens (tertiary/aromatic N) is 1. The van der Waals surface area contributed by atoms with Crippen LogP contribution in [-0.2, 0) is 9.53 Å². The monoisotopic (exact) mass is 488 g/mol. The van der Waals surface area contributed by atoms with Crippen LogP contribution in [0.4, 0.5) is 16.2 Å². The molecule has 0 fully saturated rings. The van der Waals surface area contributed by atoms with Crippen LogP contribution in [-0.4, -0.2) is 35.2 Å². The van der Waals surface area contributed by atoms with Gasteiger partial charge in [-0.1, -0.05) is 48.5 Å². The van der Waals surface area contributed by atoms with Crippen LogP contribution in [0.15, 0.2) is 78.0 Å². The number of rotatable bonds is 6. The smallest absolute Gasteiger partial charge is 0.338 e. The minimum absolute atomic E-state index is 0.285. The predicted octanol–water partition coefficient (Wildman–Crippen LogP) is 5.57. The summed E-state index contributed by atoms with van der Waals surface area (Å²) in [5, 5.41) is 11.6. The number of benzene rings is 3. The molecule has 1 heterocycles. The molecule has 0 aliphatic carbocycles. The van der Waals surface area contributed by atoms with Gasteiger partial charge in [0.25, 0.3) is 0 Å². The fourth-order valence-electron chi connectivity index (χ4n) is 4.26. The lowest BCUT2D eigenvalue weighted by Crippen LogP contribution is -2.47. The summed E-state index contributed by atoms with van der Waals surface area (Å²) in [5.41, 5.74) is 3.49. The van der Waals surface area contributed by atoms with Crippen molar-refractivity contribution in [1.29, 1.82) is 0 Å². The number of esters is 1. The van der Waals surface area contributed by atoms with Gasteiger partial charge in [0, 0.05) is 23.3 Å². The second kappa shape index (κ2) is 10.6. The van der Waals surface area contributed by atoms with Gasteiger partial charge in [-0.15, -0.1) is 0 Å². The number of hydrogen-bond acceptors (Lipinski definition) is 4. The van der Waals surface area contributed by atoms with E-state index in [0.717, 1.165) is 27.7 Å². The molecule has 1 aliphatic heterocycles. The molecule has 0 aromatic heterocycles. The molecule has 3 aromatic rings. The van der Waals surface area contributed by atoms with Crippen LogP contribution in [0.1, 0.15) is 32.4 Å². The molecule has 0 saturated heterocycles. The molecule has 8 heteroatoms. The molecule has 0 radical (unpaired) electrons. The molecular formula is C27H28N4O3S. The quantitative estimate of drug-likeness (QED) is 0.311. The number of ether oxygens (including phenoxy) is 1. The minimum Gasteiger partial charge on any atom is -0.463 e. The lowest BCUT2D eigenvalue weighted by molar-refractivity contribution is -0.139. The van der Waals surface area contributed by atoms with Gasteiger partial charge >= 0.3 is 12.0 Å². The standard InChI is InChI=1S/C27H28N4O3S/c1-4-31-17(3)23(25(32)34-5-2)24(30-27(31)35)19-13-15-20(16-14-19)28-26(33)29-22-12-8-10-18-9-6-7-11-21(18)22/h6-16,24H,4-5H2,1-3H3,(H,30,35)(H2,28,29,33). The number of anilines is 2. The first-order chi connectivity index (χ1) is 16.9. The lowest BCUT2D eigenvalue weighted by Gasteiger charge is -2.37. The van der Waals surface area contributed by atoms with Crippen molar-refractivity contribution in [3.8, 4) is 0 Å². The van der Waals surface area contributed by atoms with Crippen LogP contribution < -0.4 is 16.0 Å². The Balaban J connectivity index is 1.52. The second-order valence-electron chi connectivity index (χ2n) is 8.07. The fraction of sp³-hybridized carbons (Fsp3) is 0.222. The highest BCUT2D eigenvalue weighted by Gasteiger charge is 2.34. The number of hydrogen-bond donors (Lipinski definition) is 3. The van der Waals surface area contributed by atoms with Crippen LogP contribution in [0.3, 0.4) is 0 Å². The molecular weight excluding hydrogens is 460 g/mol. The highest BCUT2D eigenvalue weighted by molar-refractivity contribution is 7.80. The Morgan fingerprint density at radius 2 is 1.71 bits per heavy atom. The number of carbonyl (C=O) groups is 2. The molecule has 180 valence electrons. The summed E-state index contributed by atoms with van der Waals surface area (Å²) in [6, 6.07) is 20.2. The average molecular weight is 489 g/mol. The number of nitrogens with one attached hydrogen (secondary N) is 3. The molecule has 3 N–H and O–H groups in total. The minimum atomic E-state index is -0.442. The van der Waals surface area contributed by atoms with E-state index in [1.165, 1.54) is 0 Å². The summed E-state index contributed by atoms with van der Waals surface area (Å²) in [4.78, 5) is 27.3. The zero-order valence-electron chi connectivity index (χ0n) is 19.9. The number of carbonyl (C=O) groups excluding carboxylic acids is 2. The van der Waals surface area contributed by atoms with Crippen LogP contribution in [0.5, 0.6) is 0 Å². The summed E-state index contributed by atoms with van der Waals surface area (Å²) in [6.45, 7) is 6.56. The SMILES string of the molecule is CCOC(=O)C1=C(C)N(CC)C(=S)NC1c1ccc(NC(=O)Nc2cccc3ccccc23)cc1. The Hall–Kier alpha value is -3.91. The van der Waals surface area contributed by atoms with Gasteiger partial charge in [-0.3, -0.25) is 0 Å². The zero-order valence-corrected chi connectivity index (χ0v) is 20.7. The number of fused-ring (bicyclic) bond motifs is 1. The van der Waals surface area contributed by atoms with Gasteiger partial charge in [0.15, 0.2) is 5.11 Å². The lowest BCUT2D eigenvalue weighted by atomic mass is 9.95. The Morgan fingerprint density at radius 1 is 1.00 bits per heavy atom. The van der Waals surface area contributed by atoms with Crippen molar-refractivity contribution < 1.29 is 14.3 Å². The Bertz CT molecular complexity index is 1300. The summed E-state index contributed by atoms with van der Waals surface area (Å²) in [5.74, 6) is -0.375. The van der Waals surface area contributed by atoms with Crippen LogP contribution in [0, 0.1) is 0 Å². The highest BCUT2D eigenvalue weighted by atomic mass is 32.1. The molecule has 0 spiro atoms. The maximum absolute atomic E-state index is 12.8. The molecule has 1 unspecified atom stereocenters. The van der Waals surface area contributed by atoms with Crippen molar-refractivity contribution in [1.82, 2.24) is 10.2 Å². The van der Waals surface area contributed by atoms with Gasteiger partial charge in [0.1, 0.15) is 0 Å². The van der Waals surface area contributed by atoms with Gasteiger partial charge in [-0.2, -0.15) is 0 Å². The molecule has 0 saturated carbocycles. The molecule has 2 amide bonds. The van der Waals surface area contributed by atoms with Crippen molar-refractivity contribution in [2.75, 3.05) is 23.8 Å². The number of amides is 2. The summed E-state index contributed by atoms with van der Waals surface area (Å²) in [6.07, 6.45) is 0. The number of urea groups is 1. The first kappa shape index (κ1) is 24.2. The van der Waals surface area contributed by atoms with Crippen molar-refractivity contribution in [3.63, 3.8) is 0 Å². The maximum Gasteiger partial charge on any atom is 0.338 e. The first-order valence-corrected chi connectivity index (χ1v) is 11.9. The maximum atomic E-state index is 12.8. The molecule has 1 atom stereocenters. The average Bonchev–Trinajstić information content (AvgIpc) is 2.85. The summed E-state index contributed by atoms with van der Waals surface area (Å²) < 4.78 is 5.32. The van der Waals surface area contributed by atoms with Crippen molar-refractivity contribution >= 4 is 51.5 Å². The van der Waals surface area contributed by atoms with Gasteiger partial charge in [0.2, 0.25) is 0 Å². The van der Waals surface area contributed by atoms with Crippen molar-refractivity contribution in [2.45, 2.75) is 26.8 Å². The Kier molecular flexibility index (Phi) is 7.31. The third-order valence-electron chi connectivity index (χ3n) is 5.95. The van der Waals surface area contributed by atoms with Crippen molar-refractivity contribution in [3.05, 3.63) is 83.6 Å². The highest BCUT2D eigenvalue weighted by Crippen LogP contribution is 2.32.